The molecular formula is C24H18ClN7Na2O9S3. The van der Waals surface area contributed by atoms with Gasteiger partial charge in [-0.2, -0.15) is 15.0 Å². The monoisotopic (exact) mass is 725 g/mol. The molecule has 5 aromatic rings. The molecule has 0 bridgehead atoms. The molecule has 22 heteroatoms. The molecule has 2 aromatic heterocycles. The Morgan fingerprint density at radius 1 is 0.761 bits per heavy atom. The van der Waals surface area contributed by atoms with Crippen molar-refractivity contribution in [1.82, 2.24) is 24.9 Å². The van der Waals surface area contributed by atoms with Crippen LogP contribution in [0.5, 0.6) is 0 Å². The van der Waals surface area contributed by atoms with Gasteiger partial charge >= 0.3 is 59.1 Å². The Balaban J connectivity index is 0.00000288. The van der Waals surface area contributed by atoms with Crippen LogP contribution in [0.1, 0.15) is 0 Å². The fraction of sp³-hybridized carbons (Fsp3) is 0.0833. The Morgan fingerprint density at radius 2 is 1.39 bits per heavy atom. The quantitative estimate of drug-likeness (QED) is 0.0686. The minimum Gasteiger partial charge on any atom is -0.744 e. The molecule has 0 saturated carbocycles. The number of nitrogens with zero attached hydrogens (tertiary/aromatic N) is 4. The maximum atomic E-state index is 12.4. The van der Waals surface area contributed by atoms with E-state index in [0.29, 0.717) is 33.8 Å². The number of fused-ring (bicyclic) bond motifs is 1. The molecule has 3 N–H and O–H groups in total. The van der Waals surface area contributed by atoms with Gasteiger partial charge in [-0.1, -0.05) is 12.1 Å². The largest absolute Gasteiger partial charge is 1.00 e. The van der Waals surface area contributed by atoms with Crippen LogP contribution in [0, 0.1) is 0 Å². The van der Waals surface area contributed by atoms with Crippen LogP contribution in [-0.2, 0) is 34.5 Å². The number of aromatic amines is 1. The number of imidazole rings is 1. The van der Waals surface area contributed by atoms with Crippen LogP contribution in [0.15, 0.2) is 76.5 Å². The molecular weight excluding hydrogens is 708 g/mol. The van der Waals surface area contributed by atoms with E-state index in [-0.39, 0.29) is 86.1 Å². The molecule has 0 saturated heterocycles. The summed E-state index contributed by atoms with van der Waals surface area (Å²) >= 11 is 6.09. The van der Waals surface area contributed by atoms with E-state index < -0.39 is 42.7 Å². The van der Waals surface area contributed by atoms with Crippen molar-refractivity contribution in [1.29, 1.82) is 0 Å². The zero-order valence-corrected chi connectivity index (χ0v) is 31.0. The van der Waals surface area contributed by atoms with Crippen LogP contribution in [-0.4, -0.2) is 71.6 Å². The summed E-state index contributed by atoms with van der Waals surface area (Å²) in [5, 5.41) is 5.71. The van der Waals surface area contributed by atoms with Gasteiger partial charge < -0.3 is 24.7 Å². The first-order valence-corrected chi connectivity index (χ1v) is 16.9. The molecule has 0 amide bonds. The van der Waals surface area contributed by atoms with Gasteiger partial charge in [-0.05, 0) is 66.2 Å². The average molecular weight is 726 g/mol. The van der Waals surface area contributed by atoms with Crippen LogP contribution < -0.4 is 69.7 Å². The minimum atomic E-state index is -5.01. The van der Waals surface area contributed by atoms with Gasteiger partial charge in [0.1, 0.15) is 15.9 Å². The van der Waals surface area contributed by atoms with Gasteiger partial charge in [0.15, 0.2) is 9.84 Å². The SMILES string of the molecule is O=S(=O)([O-])OCCS(=O)(=O)c1ccc(Nc2nc(Cl)nc(Nc3cccc(-c4nc5ccc(S(=O)(=O)[O-])cc5[nH]4)c3)n2)cc1.[Na+].[Na+]. The second-order valence-electron chi connectivity index (χ2n) is 8.87. The molecule has 16 nitrogen and oxygen atoms in total. The van der Waals surface area contributed by atoms with Crippen LogP contribution >= 0.6 is 11.6 Å². The van der Waals surface area contributed by atoms with E-state index in [1.807, 2.05) is 0 Å². The summed E-state index contributed by atoms with van der Waals surface area (Å²) in [6, 6.07) is 16.1. The predicted molar refractivity (Wildman–Crippen MR) is 155 cm³/mol. The Morgan fingerprint density at radius 3 is 2.02 bits per heavy atom. The third kappa shape index (κ3) is 10.1. The third-order valence-corrected chi connectivity index (χ3v) is 8.94. The molecule has 46 heavy (non-hydrogen) atoms. The van der Waals surface area contributed by atoms with Crippen molar-refractivity contribution in [2.24, 2.45) is 0 Å². The average Bonchev–Trinajstić information content (AvgIpc) is 3.36. The van der Waals surface area contributed by atoms with Crippen molar-refractivity contribution in [3.63, 3.8) is 0 Å². The Bertz CT molecular complexity index is 2210. The fourth-order valence-electron chi connectivity index (χ4n) is 3.85. The number of anilines is 4. The van der Waals surface area contributed by atoms with Crippen molar-refractivity contribution in [3.05, 3.63) is 72.0 Å². The first kappa shape index (κ1) is 38.2. The van der Waals surface area contributed by atoms with Crippen LogP contribution in [0.3, 0.4) is 0 Å². The van der Waals surface area contributed by atoms with Crippen molar-refractivity contribution >= 4 is 76.3 Å². The van der Waals surface area contributed by atoms with Gasteiger partial charge in [0.2, 0.25) is 27.6 Å². The molecule has 230 valence electrons. The van der Waals surface area contributed by atoms with E-state index in [1.54, 1.807) is 24.3 Å². The van der Waals surface area contributed by atoms with Gasteiger partial charge in [0.25, 0.3) is 0 Å². The summed E-state index contributed by atoms with van der Waals surface area (Å²) in [6.45, 7) is -0.815. The first-order valence-electron chi connectivity index (χ1n) is 12.1. The predicted octanol–water partition coefficient (Wildman–Crippen LogP) is -3.28. The number of halogens is 1. The number of H-pyrrole nitrogens is 1. The molecule has 0 aliphatic carbocycles. The van der Waals surface area contributed by atoms with Gasteiger partial charge in [-0.25, -0.2) is 30.2 Å². The fourth-order valence-corrected chi connectivity index (χ4v) is 5.99. The van der Waals surface area contributed by atoms with E-state index in [2.05, 4.69) is 39.7 Å². The molecule has 0 spiro atoms. The number of hydrogen-bond donors (Lipinski definition) is 3. The van der Waals surface area contributed by atoms with E-state index in [9.17, 15) is 34.4 Å². The summed E-state index contributed by atoms with van der Waals surface area (Å²) in [7, 11) is -13.6. The maximum absolute atomic E-state index is 12.4. The molecule has 2 heterocycles. The van der Waals surface area contributed by atoms with Crippen molar-refractivity contribution < 1.29 is 97.7 Å². The van der Waals surface area contributed by atoms with Crippen LogP contribution in [0.25, 0.3) is 22.4 Å². The first-order chi connectivity index (χ1) is 20.6. The Hall–Kier alpha value is -2.24. The number of benzene rings is 3. The molecule has 0 aliphatic rings. The summed E-state index contributed by atoms with van der Waals surface area (Å²) in [5.74, 6) is -0.223. The zero-order chi connectivity index (χ0) is 31.7. The van der Waals surface area contributed by atoms with Gasteiger partial charge in [0, 0.05) is 16.9 Å². The van der Waals surface area contributed by atoms with E-state index >= 15 is 0 Å². The zero-order valence-electron chi connectivity index (χ0n) is 23.8. The Labute approximate surface area is 312 Å². The Kier molecular flexibility index (Phi) is 12.7. The van der Waals surface area contributed by atoms with Gasteiger partial charge in [0.05, 0.1) is 33.2 Å². The summed E-state index contributed by atoms with van der Waals surface area (Å²) in [4.78, 5) is 19.3. The molecule has 0 fully saturated rings. The van der Waals surface area contributed by atoms with E-state index in [0.717, 1.165) is 0 Å². The van der Waals surface area contributed by atoms with Crippen molar-refractivity contribution in [3.8, 4) is 11.4 Å². The third-order valence-electron chi connectivity index (χ3n) is 5.79. The smallest absolute Gasteiger partial charge is 0.744 e. The van der Waals surface area contributed by atoms with Crippen LogP contribution in [0.2, 0.25) is 5.28 Å². The van der Waals surface area contributed by atoms with E-state index in [1.165, 1.54) is 42.5 Å². The number of sulfone groups is 1. The molecule has 5 rings (SSSR count). The molecule has 0 aliphatic heterocycles. The molecule has 3 aromatic carbocycles. The van der Waals surface area contributed by atoms with Crippen LogP contribution in [0.4, 0.5) is 23.3 Å². The maximum Gasteiger partial charge on any atom is 1.00 e. The minimum absolute atomic E-state index is 0. The second kappa shape index (κ2) is 15.3. The van der Waals surface area contributed by atoms with Gasteiger partial charge in [-0.3, -0.25) is 4.18 Å². The summed E-state index contributed by atoms with van der Waals surface area (Å²) in [6.07, 6.45) is 0. The standard InChI is InChI=1S/C24H20ClN7O9S3.2Na/c25-22-30-23(26-15-4-6-17(7-5-15)42(33,34)11-10-41-44(38,39)40)32-24(31-22)27-16-3-1-2-14(12-16)21-28-19-9-8-18(43(35,36)37)13-20(19)29-21;;/h1-9,12-13H,10-11H2,(H,28,29)(H,35,36,37)(H,38,39,40)(H2,26,27,30,31,32);;/q;2*+1/p-2. The number of hydrogen-bond acceptors (Lipinski definition) is 15. The van der Waals surface area contributed by atoms with E-state index in [4.69, 9.17) is 11.6 Å². The molecule has 0 unspecified atom stereocenters. The van der Waals surface area contributed by atoms with Crippen molar-refractivity contribution in [2.45, 2.75) is 9.79 Å². The number of nitrogens with one attached hydrogen (secondary N) is 3. The topological polar surface area (TPSA) is 249 Å². The summed E-state index contributed by atoms with van der Waals surface area (Å²) in [5.41, 5.74) is 2.36. The van der Waals surface area contributed by atoms with Crippen molar-refractivity contribution in [2.75, 3.05) is 23.0 Å². The number of rotatable bonds is 11. The summed E-state index contributed by atoms with van der Waals surface area (Å²) < 4.78 is 94.3. The molecule has 0 radical (unpaired) electrons. The number of aromatic nitrogens is 5. The van der Waals surface area contributed by atoms with Gasteiger partial charge in [-0.15, -0.1) is 0 Å². The normalized spacial score (nSPS) is 11.8. The molecule has 0 atom stereocenters. The second-order valence-corrected chi connectivity index (χ2v) is 13.8.